The van der Waals surface area contributed by atoms with Crippen LogP contribution in [0.15, 0.2) is 11.1 Å². The van der Waals surface area contributed by atoms with E-state index in [1.807, 2.05) is 0 Å². The van der Waals surface area contributed by atoms with E-state index in [2.05, 4.69) is 15.0 Å². The molecule has 1 aliphatic rings. The number of ether oxygens (including phenoxy) is 2. The van der Waals surface area contributed by atoms with E-state index in [0.717, 1.165) is 0 Å². The number of hydrogen-bond acceptors (Lipinski definition) is 7. The van der Waals surface area contributed by atoms with E-state index in [1.54, 1.807) is 6.92 Å². The standard InChI is InChI=1S/C13H16FN5O4/c1-2-9(20)22-4-7-6(14)3-8(23-7)19-5-16-10-11(19)17-13(15)18-12(10)21/h5-8H,2-4H2,1H3,(H3,15,17,18,21). The number of anilines is 1. The maximum atomic E-state index is 14.1. The first kappa shape index (κ1) is 15.4. The Labute approximate surface area is 129 Å². The maximum Gasteiger partial charge on any atom is 0.305 e. The molecular weight excluding hydrogens is 309 g/mol. The molecule has 1 fully saturated rings. The number of fused-ring (bicyclic) bond motifs is 1. The number of halogens is 1. The Hall–Kier alpha value is -2.49. The molecule has 10 heteroatoms. The fourth-order valence-corrected chi connectivity index (χ4v) is 2.44. The average molecular weight is 325 g/mol. The summed E-state index contributed by atoms with van der Waals surface area (Å²) in [4.78, 5) is 33.2. The molecule has 2 aromatic heterocycles. The summed E-state index contributed by atoms with van der Waals surface area (Å²) < 4.78 is 26.0. The van der Waals surface area contributed by atoms with Gasteiger partial charge in [-0.3, -0.25) is 19.1 Å². The second-order valence-corrected chi connectivity index (χ2v) is 5.19. The minimum atomic E-state index is -1.30. The van der Waals surface area contributed by atoms with E-state index in [1.165, 1.54) is 10.9 Å². The van der Waals surface area contributed by atoms with Crippen molar-refractivity contribution in [2.24, 2.45) is 0 Å². The van der Waals surface area contributed by atoms with Crippen molar-refractivity contribution in [3.05, 3.63) is 16.7 Å². The van der Waals surface area contributed by atoms with Crippen molar-refractivity contribution in [3.8, 4) is 0 Å². The number of nitrogens with zero attached hydrogens (tertiary/aromatic N) is 3. The summed E-state index contributed by atoms with van der Waals surface area (Å²) in [6.07, 6.45) is -1.27. The van der Waals surface area contributed by atoms with E-state index >= 15 is 0 Å². The van der Waals surface area contributed by atoms with Crippen molar-refractivity contribution < 1.29 is 18.7 Å². The van der Waals surface area contributed by atoms with Crippen LogP contribution >= 0.6 is 0 Å². The number of alkyl halides is 1. The lowest BCUT2D eigenvalue weighted by molar-refractivity contribution is -0.148. The second-order valence-electron chi connectivity index (χ2n) is 5.19. The van der Waals surface area contributed by atoms with Crippen molar-refractivity contribution in [2.45, 2.75) is 38.3 Å². The van der Waals surface area contributed by atoms with Crippen LogP contribution in [0.1, 0.15) is 26.0 Å². The normalized spacial score (nSPS) is 24.2. The second kappa shape index (κ2) is 5.95. The first-order valence-corrected chi connectivity index (χ1v) is 7.17. The predicted molar refractivity (Wildman–Crippen MR) is 77.2 cm³/mol. The summed E-state index contributed by atoms with van der Waals surface area (Å²) in [7, 11) is 0. The van der Waals surface area contributed by atoms with Crippen molar-refractivity contribution >= 4 is 23.1 Å². The third kappa shape index (κ3) is 2.89. The molecular formula is C13H16FN5O4. The van der Waals surface area contributed by atoms with Gasteiger partial charge in [-0.2, -0.15) is 4.98 Å². The highest BCUT2D eigenvalue weighted by molar-refractivity contribution is 5.70. The molecule has 3 rings (SSSR count). The number of aromatic nitrogens is 4. The number of nitrogen functional groups attached to an aromatic ring is 1. The Morgan fingerprint density at radius 1 is 1.65 bits per heavy atom. The lowest BCUT2D eigenvalue weighted by Crippen LogP contribution is -2.25. The number of aromatic amines is 1. The molecule has 3 heterocycles. The van der Waals surface area contributed by atoms with Crippen LogP contribution in [0.5, 0.6) is 0 Å². The number of rotatable bonds is 4. The molecule has 3 unspecified atom stereocenters. The third-order valence-electron chi connectivity index (χ3n) is 3.62. The quantitative estimate of drug-likeness (QED) is 0.773. The number of carbonyl (C=O) groups is 1. The summed E-state index contributed by atoms with van der Waals surface area (Å²) in [6, 6.07) is 0. The lowest BCUT2D eigenvalue weighted by Gasteiger charge is -2.15. The summed E-state index contributed by atoms with van der Waals surface area (Å²) in [5.74, 6) is -0.481. The first-order chi connectivity index (χ1) is 11.0. The Balaban J connectivity index is 1.81. The highest BCUT2D eigenvalue weighted by Gasteiger charge is 2.38. The summed E-state index contributed by atoms with van der Waals surface area (Å²) in [5, 5.41) is 0. The number of esters is 1. The molecule has 9 nitrogen and oxygen atoms in total. The minimum Gasteiger partial charge on any atom is -0.463 e. The molecule has 2 aromatic rings. The van der Waals surface area contributed by atoms with Gasteiger partial charge in [0.1, 0.15) is 25.1 Å². The van der Waals surface area contributed by atoms with E-state index in [-0.39, 0.29) is 36.6 Å². The van der Waals surface area contributed by atoms with Gasteiger partial charge in [0.25, 0.3) is 5.56 Å². The molecule has 124 valence electrons. The van der Waals surface area contributed by atoms with Crippen LogP contribution in [0.25, 0.3) is 11.2 Å². The van der Waals surface area contributed by atoms with Gasteiger partial charge in [0.15, 0.2) is 11.2 Å². The molecule has 0 radical (unpaired) electrons. The fraction of sp³-hybridized carbons (Fsp3) is 0.538. The molecule has 0 bridgehead atoms. The van der Waals surface area contributed by atoms with Crippen molar-refractivity contribution in [1.29, 1.82) is 0 Å². The fourth-order valence-electron chi connectivity index (χ4n) is 2.44. The lowest BCUT2D eigenvalue weighted by atomic mass is 10.2. The Morgan fingerprint density at radius 3 is 3.17 bits per heavy atom. The number of hydrogen-bond donors (Lipinski definition) is 2. The zero-order valence-corrected chi connectivity index (χ0v) is 12.4. The van der Waals surface area contributed by atoms with Gasteiger partial charge < -0.3 is 15.2 Å². The molecule has 1 saturated heterocycles. The zero-order chi connectivity index (χ0) is 16.6. The molecule has 1 aliphatic heterocycles. The topological polar surface area (TPSA) is 125 Å². The molecule has 0 spiro atoms. The minimum absolute atomic E-state index is 0.0359. The summed E-state index contributed by atoms with van der Waals surface area (Å²) >= 11 is 0. The highest BCUT2D eigenvalue weighted by atomic mass is 19.1. The van der Waals surface area contributed by atoms with E-state index in [0.29, 0.717) is 0 Å². The first-order valence-electron chi connectivity index (χ1n) is 7.17. The van der Waals surface area contributed by atoms with Gasteiger partial charge in [0, 0.05) is 12.8 Å². The molecule has 0 saturated carbocycles. The Kier molecular flexibility index (Phi) is 3.99. The number of nitrogens with one attached hydrogen (secondary N) is 1. The van der Waals surface area contributed by atoms with E-state index < -0.39 is 30.0 Å². The summed E-state index contributed by atoms with van der Waals surface area (Å²) in [6.45, 7) is 1.49. The number of H-pyrrole nitrogens is 1. The van der Waals surface area contributed by atoms with Crippen LogP contribution in [0.2, 0.25) is 0 Å². The van der Waals surface area contributed by atoms with Gasteiger partial charge in [0.2, 0.25) is 5.95 Å². The van der Waals surface area contributed by atoms with E-state index in [4.69, 9.17) is 15.2 Å². The average Bonchev–Trinajstić information content (AvgIpc) is 3.08. The highest BCUT2D eigenvalue weighted by Crippen LogP contribution is 2.32. The zero-order valence-electron chi connectivity index (χ0n) is 12.4. The van der Waals surface area contributed by atoms with Crippen LogP contribution < -0.4 is 11.3 Å². The van der Waals surface area contributed by atoms with Gasteiger partial charge in [-0.05, 0) is 0 Å². The Morgan fingerprint density at radius 2 is 2.43 bits per heavy atom. The van der Waals surface area contributed by atoms with Gasteiger partial charge in [-0.15, -0.1) is 0 Å². The molecule has 23 heavy (non-hydrogen) atoms. The predicted octanol–water partition coefficient (Wildman–Crippen LogP) is 0.281. The molecule has 0 amide bonds. The number of imidazole rings is 1. The molecule has 0 aliphatic carbocycles. The van der Waals surface area contributed by atoms with Crippen LogP contribution in [-0.4, -0.2) is 44.4 Å². The smallest absolute Gasteiger partial charge is 0.305 e. The molecule has 3 N–H and O–H groups in total. The van der Waals surface area contributed by atoms with Crippen molar-refractivity contribution in [1.82, 2.24) is 19.5 Å². The van der Waals surface area contributed by atoms with Gasteiger partial charge >= 0.3 is 5.97 Å². The van der Waals surface area contributed by atoms with Crippen LogP contribution in [-0.2, 0) is 14.3 Å². The largest absolute Gasteiger partial charge is 0.463 e. The summed E-state index contributed by atoms with van der Waals surface area (Å²) in [5.41, 5.74) is 5.36. The molecule has 0 aromatic carbocycles. The number of nitrogens with two attached hydrogens (primary N) is 1. The monoisotopic (exact) mass is 325 g/mol. The van der Waals surface area contributed by atoms with Crippen LogP contribution in [0, 0.1) is 0 Å². The van der Waals surface area contributed by atoms with E-state index in [9.17, 15) is 14.0 Å². The van der Waals surface area contributed by atoms with Gasteiger partial charge in [-0.25, -0.2) is 9.37 Å². The van der Waals surface area contributed by atoms with Crippen molar-refractivity contribution in [3.63, 3.8) is 0 Å². The molecule has 3 atom stereocenters. The van der Waals surface area contributed by atoms with Crippen LogP contribution in [0.4, 0.5) is 10.3 Å². The third-order valence-corrected chi connectivity index (χ3v) is 3.62. The van der Waals surface area contributed by atoms with Gasteiger partial charge in [0.05, 0.1) is 6.33 Å². The van der Waals surface area contributed by atoms with Gasteiger partial charge in [-0.1, -0.05) is 6.92 Å². The van der Waals surface area contributed by atoms with Crippen LogP contribution in [0.3, 0.4) is 0 Å². The maximum absolute atomic E-state index is 14.1. The Bertz CT molecular complexity index is 788. The SMILES string of the molecule is CCC(=O)OCC1OC(n2cnc3c(=O)[nH]c(N)nc32)CC1F. The number of carbonyl (C=O) groups excluding carboxylic acids is 1. The van der Waals surface area contributed by atoms with Crippen molar-refractivity contribution in [2.75, 3.05) is 12.3 Å².